The van der Waals surface area contributed by atoms with E-state index in [1.165, 1.54) is 6.07 Å². The largest absolute Gasteiger partial charge is 0.369 e. The lowest BCUT2D eigenvalue weighted by Crippen LogP contribution is -2.35. The molecule has 1 aliphatic rings. The average molecular weight is 407 g/mol. The Kier molecular flexibility index (Phi) is 5.74. The highest BCUT2D eigenvalue weighted by atomic mass is 19.1. The minimum Gasteiger partial charge on any atom is -0.369 e. The van der Waals surface area contributed by atoms with Crippen LogP contribution in [0, 0.1) is 5.82 Å². The fraction of sp³-hybridized carbons (Fsp3) is 0.227. The van der Waals surface area contributed by atoms with Crippen molar-refractivity contribution in [1.82, 2.24) is 15.1 Å². The van der Waals surface area contributed by atoms with E-state index in [0.717, 1.165) is 37.2 Å². The molecule has 154 valence electrons. The van der Waals surface area contributed by atoms with Gasteiger partial charge in [0.2, 0.25) is 0 Å². The first-order valence-corrected chi connectivity index (χ1v) is 9.83. The summed E-state index contributed by atoms with van der Waals surface area (Å²) in [5, 5.41) is 9.19. The highest BCUT2D eigenvalue weighted by molar-refractivity contribution is 6.39. The van der Waals surface area contributed by atoms with E-state index in [2.05, 4.69) is 15.7 Å². The predicted molar refractivity (Wildman–Crippen MR) is 112 cm³/mol. The van der Waals surface area contributed by atoms with Crippen molar-refractivity contribution in [3.8, 4) is 5.69 Å². The molecule has 2 amide bonds. The summed E-state index contributed by atoms with van der Waals surface area (Å²) in [4.78, 5) is 26.3. The molecule has 4 rings (SSSR count). The topological polar surface area (TPSA) is 79.3 Å². The normalized spacial score (nSPS) is 13.3. The SMILES string of the molecule is O=C(NCc1cccc(-n2cccn2)c1)C(=O)Nc1ccc(N2CCCC2)c(F)c1. The Morgan fingerprint density at radius 1 is 1.03 bits per heavy atom. The van der Waals surface area contributed by atoms with Gasteiger partial charge < -0.3 is 15.5 Å². The van der Waals surface area contributed by atoms with E-state index < -0.39 is 17.6 Å². The summed E-state index contributed by atoms with van der Waals surface area (Å²) < 4.78 is 16.1. The Bertz CT molecular complexity index is 1050. The van der Waals surface area contributed by atoms with E-state index in [0.29, 0.717) is 5.69 Å². The molecule has 1 saturated heterocycles. The third-order valence-electron chi connectivity index (χ3n) is 4.99. The van der Waals surface area contributed by atoms with Gasteiger partial charge in [0.25, 0.3) is 0 Å². The lowest BCUT2D eigenvalue weighted by molar-refractivity contribution is -0.136. The Morgan fingerprint density at radius 2 is 1.87 bits per heavy atom. The second-order valence-electron chi connectivity index (χ2n) is 7.12. The van der Waals surface area contributed by atoms with E-state index in [-0.39, 0.29) is 12.2 Å². The number of hydrogen-bond donors (Lipinski definition) is 2. The molecule has 0 saturated carbocycles. The van der Waals surface area contributed by atoms with Crippen molar-refractivity contribution in [2.24, 2.45) is 0 Å². The smallest absolute Gasteiger partial charge is 0.313 e. The van der Waals surface area contributed by atoms with E-state index in [9.17, 15) is 14.0 Å². The van der Waals surface area contributed by atoms with E-state index in [4.69, 9.17) is 0 Å². The number of rotatable bonds is 5. The van der Waals surface area contributed by atoms with Crippen LogP contribution in [-0.2, 0) is 16.1 Å². The number of carbonyl (C=O) groups is 2. The average Bonchev–Trinajstić information content (AvgIpc) is 3.46. The summed E-state index contributed by atoms with van der Waals surface area (Å²) in [6, 6.07) is 13.8. The van der Waals surface area contributed by atoms with Gasteiger partial charge >= 0.3 is 11.8 Å². The maximum absolute atomic E-state index is 14.4. The Balaban J connectivity index is 1.34. The van der Waals surface area contributed by atoms with Gasteiger partial charge in [-0.15, -0.1) is 0 Å². The fourth-order valence-corrected chi connectivity index (χ4v) is 3.48. The second kappa shape index (κ2) is 8.77. The Morgan fingerprint density at radius 3 is 2.60 bits per heavy atom. The molecule has 0 radical (unpaired) electrons. The third kappa shape index (κ3) is 4.48. The van der Waals surface area contributed by atoms with Crippen molar-refractivity contribution < 1.29 is 14.0 Å². The highest BCUT2D eigenvalue weighted by Gasteiger charge is 2.18. The zero-order chi connectivity index (χ0) is 20.9. The molecular weight excluding hydrogens is 385 g/mol. The van der Waals surface area contributed by atoms with Gasteiger partial charge in [-0.1, -0.05) is 12.1 Å². The second-order valence-corrected chi connectivity index (χ2v) is 7.12. The molecule has 2 aromatic carbocycles. The maximum Gasteiger partial charge on any atom is 0.313 e. The van der Waals surface area contributed by atoms with Crippen molar-refractivity contribution in [2.45, 2.75) is 19.4 Å². The van der Waals surface area contributed by atoms with Crippen LogP contribution in [0.2, 0.25) is 0 Å². The van der Waals surface area contributed by atoms with Crippen molar-refractivity contribution in [2.75, 3.05) is 23.3 Å². The minimum absolute atomic E-state index is 0.184. The quantitative estimate of drug-likeness (QED) is 0.638. The van der Waals surface area contributed by atoms with E-state index in [1.807, 2.05) is 41.4 Å². The van der Waals surface area contributed by atoms with Gasteiger partial charge in [0.1, 0.15) is 5.82 Å². The van der Waals surface area contributed by atoms with Crippen LogP contribution in [-0.4, -0.2) is 34.7 Å². The molecule has 1 fully saturated rings. The summed E-state index contributed by atoms with van der Waals surface area (Å²) in [6.45, 7) is 1.84. The number of halogens is 1. The summed E-state index contributed by atoms with van der Waals surface area (Å²) in [5.74, 6) is -2.04. The number of benzene rings is 2. The van der Waals surface area contributed by atoms with Crippen LogP contribution in [0.5, 0.6) is 0 Å². The lowest BCUT2D eigenvalue weighted by Gasteiger charge is -2.18. The molecule has 2 N–H and O–H groups in total. The van der Waals surface area contributed by atoms with Crippen molar-refractivity contribution >= 4 is 23.2 Å². The zero-order valence-electron chi connectivity index (χ0n) is 16.3. The Labute approximate surface area is 173 Å². The van der Waals surface area contributed by atoms with Crippen LogP contribution in [0.3, 0.4) is 0 Å². The van der Waals surface area contributed by atoms with Gasteiger partial charge in [0.05, 0.1) is 11.4 Å². The standard InChI is InChI=1S/C22H22FN5O2/c23-19-14-17(7-8-20(19)27-10-1-2-11-27)26-22(30)21(29)24-15-16-5-3-6-18(13-16)28-12-4-9-25-28/h3-9,12-14H,1-2,10-11,15H2,(H,24,29)(H,26,30). The fourth-order valence-electron chi connectivity index (χ4n) is 3.48. The number of nitrogens with one attached hydrogen (secondary N) is 2. The number of nitrogens with zero attached hydrogens (tertiary/aromatic N) is 3. The van der Waals surface area contributed by atoms with Crippen LogP contribution < -0.4 is 15.5 Å². The predicted octanol–water partition coefficient (Wildman–Crippen LogP) is 2.87. The first-order chi connectivity index (χ1) is 14.6. The molecule has 8 heteroatoms. The van der Waals surface area contributed by atoms with E-state index >= 15 is 0 Å². The summed E-state index contributed by atoms with van der Waals surface area (Å²) in [7, 11) is 0. The van der Waals surface area contributed by atoms with Crippen LogP contribution >= 0.6 is 0 Å². The van der Waals surface area contributed by atoms with Crippen LogP contribution in [0.25, 0.3) is 5.69 Å². The van der Waals surface area contributed by atoms with Gasteiger partial charge in [0.15, 0.2) is 0 Å². The van der Waals surface area contributed by atoms with Gasteiger partial charge in [-0.25, -0.2) is 9.07 Å². The zero-order valence-corrected chi connectivity index (χ0v) is 16.3. The molecular formula is C22H22FN5O2. The number of carbonyl (C=O) groups excluding carboxylic acids is 2. The van der Waals surface area contributed by atoms with Gasteiger partial charge in [-0.2, -0.15) is 5.10 Å². The molecule has 30 heavy (non-hydrogen) atoms. The lowest BCUT2D eigenvalue weighted by atomic mass is 10.2. The maximum atomic E-state index is 14.4. The first-order valence-electron chi connectivity index (χ1n) is 9.83. The molecule has 2 heterocycles. The number of aromatic nitrogens is 2. The molecule has 0 aliphatic carbocycles. The van der Waals surface area contributed by atoms with Crippen LogP contribution in [0.15, 0.2) is 60.9 Å². The molecule has 1 aromatic heterocycles. The van der Waals surface area contributed by atoms with E-state index in [1.54, 1.807) is 23.0 Å². The van der Waals surface area contributed by atoms with Gasteiger partial charge in [-0.05, 0) is 54.8 Å². The number of anilines is 2. The molecule has 3 aromatic rings. The van der Waals surface area contributed by atoms with Gasteiger partial charge in [0, 0.05) is 37.7 Å². The Hall–Kier alpha value is -3.68. The van der Waals surface area contributed by atoms with Crippen molar-refractivity contribution in [1.29, 1.82) is 0 Å². The first kappa shape index (κ1) is 19.6. The summed E-state index contributed by atoms with van der Waals surface area (Å²) in [5.41, 5.74) is 2.44. The van der Waals surface area contributed by atoms with Crippen molar-refractivity contribution in [3.05, 3.63) is 72.3 Å². The highest BCUT2D eigenvalue weighted by Crippen LogP contribution is 2.26. The monoisotopic (exact) mass is 407 g/mol. The molecule has 1 aliphatic heterocycles. The van der Waals surface area contributed by atoms with Crippen LogP contribution in [0.4, 0.5) is 15.8 Å². The summed E-state index contributed by atoms with van der Waals surface area (Å²) >= 11 is 0. The molecule has 0 unspecified atom stereocenters. The molecule has 7 nitrogen and oxygen atoms in total. The summed E-state index contributed by atoms with van der Waals surface area (Å²) in [6.07, 6.45) is 5.59. The van der Waals surface area contributed by atoms with Gasteiger partial charge in [-0.3, -0.25) is 9.59 Å². The molecule has 0 atom stereocenters. The number of amides is 2. The minimum atomic E-state index is -0.841. The van der Waals surface area contributed by atoms with Crippen molar-refractivity contribution in [3.63, 3.8) is 0 Å². The number of hydrogen-bond acceptors (Lipinski definition) is 4. The van der Waals surface area contributed by atoms with Crippen LogP contribution in [0.1, 0.15) is 18.4 Å². The third-order valence-corrected chi connectivity index (χ3v) is 4.99. The molecule has 0 spiro atoms. The molecule has 0 bridgehead atoms.